The fourth-order valence-corrected chi connectivity index (χ4v) is 5.77. The lowest BCUT2D eigenvalue weighted by Crippen LogP contribution is -2.16. The van der Waals surface area contributed by atoms with Gasteiger partial charge in [0.2, 0.25) is 0 Å². The normalized spacial score (nSPS) is 11.4. The molecule has 0 spiro atoms. The van der Waals surface area contributed by atoms with Gasteiger partial charge in [-0.05, 0) is 62.2 Å². The van der Waals surface area contributed by atoms with Crippen molar-refractivity contribution in [2.75, 3.05) is 10.0 Å². The molecule has 34 heavy (non-hydrogen) atoms. The molecule has 2 aromatic heterocycles. The SMILES string of the molecule is CC(=O)c1cnc2sc(C(=O)Nc3ccc(C)c(S(=O)(=O)Nc4ccccc4F)c3)c(C)c2c1. The molecule has 0 bridgehead atoms. The first-order valence-electron chi connectivity index (χ1n) is 10.2. The number of benzene rings is 2. The minimum atomic E-state index is -4.11. The molecule has 0 atom stereocenters. The van der Waals surface area contributed by atoms with Crippen LogP contribution in [0.25, 0.3) is 10.2 Å². The maximum absolute atomic E-state index is 14.0. The van der Waals surface area contributed by atoms with Crippen LogP contribution in [0, 0.1) is 19.7 Å². The lowest BCUT2D eigenvalue weighted by Gasteiger charge is -2.13. The molecule has 0 aliphatic heterocycles. The first-order chi connectivity index (χ1) is 16.1. The summed E-state index contributed by atoms with van der Waals surface area (Å²) in [6, 6.07) is 11.6. The number of hydrogen-bond acceptors (Lipinski definition) is 6. The van der Waals surface area contributed by atoms with Crippen LogP contribution in [0.4, 0.5) is 15.8 Å². The highest BCUT2D eigenvalue weighted by Crippen LogP contribution is 2.31. The molecule has 0 saturated carbocycles. The van der Waals surface area contributed by atoms with Gasteiger partial charge >= 0.3 is 0 Å². The van der Waals surface area contributed by atoms with Crippen molar-refractivity contribution in [3.63, 3.8) is 0 Å². The molecule has 2 aromatic carbocycles. The van der Waals surface area contributed by atoms with E-state index in [4.69, 9.17) is 0 Å². The zero-order chi connectivity index (χ0) is 24.6. The van der Waals surface area contributed by atoms with Crippen molar-refractivity contribution in [3.8, 4) is 0 Å². The Hall–Kier alpha value is -3.63. The maximum atomic E-state index is 14.0. The number of sulfonamides is 1. The van der Waals surface area contributed by atoms with Crippen LogP contribution in [0.15, 0.2) is 59.6 Å². The van der Waals surface area contributed by atoms with Crippen LogP contribution in [0.5, 0.6) is 0 Å². The third-order valence-corrected chi connectivity index (χ3v) is 7.98. The van der Waals surface area contributed by atoms with Gasteiger partial charge in [-0.15, -0.1) is 11.3 Å². The topological polar surface area (TPSA) is 105 Å². The minimum Gasteiger partial charge on any atom is -0.321 e. The van der Waals surface area contributed by atoms with E-state index in [0.717, 1.165) is 6.07 Å². The number of ketones is 1. The molecule has 2 N–H and O–H groups in total. The van der Waals surface area contributed by atoms with Gasteiger partial charge in [-0.3, -0.25) is 14.3 Å². The molecule has 4 rings (SSSR count). The molecule has 0 unspecified atom stereocenters. The van der Waals surface area contributed by atoms with Crippen LogP contribution in [0.1, 0.15) is 38.1 Å². The number of amides is 1. The van der Waals surface area contributed by atoms with Gasteiger partial charge in [-0.2, -0.15) is 0 Å². The first kappa shape index (κ1) is 23.5. The number of hydrogen-bond donors (Lipinski definition) is 2. The van der Waals surface area contributed by atoms with E-state index in [1.165, 1.54) is 48.7 Å². The Morgan fingerprint density at radius 1 is 1.06 bits per heavy atom. The number of carbonyl (C=O) groups excluding carboxylic acids is 2. The fraction of sp³-hybridized carbons (Fsp3) is 0.125. The molecule has 10 heteroatoms. The van der Waals surface area contributed by atoms with Crippen LogP contribution in [0.2, 0.25) is 0 Å². The Labute approximate surface area is 199 Å². The third-order valence-electron chi connectivity index (χ3n) is 5.26. The van der Waals surface area contributed by atoms with Crippen LogP contribution >= 0.6 is 11.3 Å². The van der Waals surface area contributed by atoms with E-state index >= 15 is 0 Å². The van der Waals surface area contributed by atoms with Gasteiger partial charge < -0.3 is 5.32 Å². The van der Waals surface area contributed by atoms with Gasteiger partial charge in [-0.1, -0.05) is 18.2 Å². The number of pyridine rings is 1. The standard InChI is InChI=1S/C24H20FN3O4S2/c1-13-8-9-17(11-21(13)34(31,32)28-20-7-5-4-6-19(20)25)27-23(30)22-14(2)18-10-16(15(3)29)12-26-24(18)33-22/h4-12,28H,1-3H3,(H,27,30). The summed E-state index contributed by atoms with van der Waals surface area (Å²) in [5.41, 5.74) is 1.65. The van der Waals surface area contributed by atoms with E-state index in [1.54, 1.807) is 32.0 Å². The summed E-state index contributed by atoms with van der Waals surface area (Å²) < 4.78 is 42.0. The largest absolute Gasteiger partial charge is 0.321 e. The lowest BCUT2D eigenvalue weighted by molar-refractivity contribution is 0.101. The van der Waals surface area contributed by atoms with Crippen LogP contribution in [-0.4, -0.2) is 25.1 Å². The molecule has 1 amide bonds. The molecule has 2 heterocycles. The van der Waals surface area contributed by atoms with Crippen molar-refractivity contribution in [3.05, 3.63) is 82.1 Å². The summed E-state index contributed by atoms with van der Waals surface area (Å²) in [6.07, 6.45) is 1.47. The van der Waals surface area contributed by atoms with Gasteiger partial charge in [0, 0.05) is 22.8 Å². The number of nitrogens with one attached hydrogen (secondary N) is 2. The van der Waals surface area contributed by atoms with Crippen molar-refractivity contribution in [2.24, 2.45) is 0 Å². The Balaban J connectivity index is 1.64. The Kier molecular flexibility index (Phi) is 6.20. The molecule has 0 saturated heterocycles. The second kappa shape index (κ2) is 8.96. The number of Topliss-reactive ketones (excluding diaryl/α,β-unsaturated/α-hetero) is 1. The molecule has 7 nitrogen and oxygen atoms in total. The number of halogens is 1. The second-order valence-electron chi connectivity index (χ2n) is 7.71. The van der Waals surface area contributed by atoms with Crippen molar-refractivity contribution in [1.82, 2.24) is 4.98 Å². The van der Waals surface area contributed by atoms with E-state index < -0.39 is 21.7 Å². The number of rotatable bonds is 6. The molecular formula is C24H20FN3O4S2. The average Bonchev–Trinajstić information content (AvgIpc) is 3.12. The number of fused-ring (bicyclic) bond motifs is 1. The number of para-hydroxylation sites is 1. The van der Waals surface area contributed by atoms with Gasteiger partial charge in [0.15, 0.2) is 5.78 Å². The van der Waals surface area contributed by atoms with Crippen molar-refractivity contribution in [2.45, 2.75) is 25.7 Å². The predicted octanol–water partition coefficient (Wildman–Crippen LogP) is 5.31. The lowest BCUT2D eigenvalue weighted by atomic mass is 10.1. The molecule has 0 aliphatic carbocycles. The van der Waals surface area contributed by atoms with Crippen LogP contribution in [0.3, 0.4) is 0 Å². The molecule has 0 fully saturated rings. The average molecular weight is 498 g/mol. The van der Waals surface area contributed by atoms with Gasteiger partial charge in [-0.25, -0.2) is 17.8 Å². The van der Waals surface area contributed by atoms with Gasteiger partial charge in [0.1, 0.15) is 10.6 Å². The number of nitrogens with zero attached hydrogens (tertiary/aromatic N) is 1. The first-order valence-corrected chi connectivity index (χ1v) is 12.5. The summed E-state index contributed by atoms with van der Waals surface area (Å²) in [4.78, 5) is 29.9. The summed E-state index contributed by atoms with van der Waals surface area (Å²) in [7, 11) is -4.11. The van der Waals surface area contributed by atoms with Gasteiger partial charge in [0.25, 0.3) is 15.9 Å². The number of anilines is 2. The summed E-state index contributed by atoms with van der Waals surface area (Å²) in [6.45, 7) is 4.82. The monoisotopic (exact) mass is 497 g/mol. The number of aryl methyl sites for hydroxylation is 2. The van der Waals surface area contributed by atoms with Crippen molar-refractivity contribution >= 4 is 54.6 Å². The quantitative estimate of drug-likeness (QED) is 0.351. The highest BCUT2D eigenvalue weighted by molar-refractivity contribution is 7.92. The van der Waals surface area contributed by atoms with Crippen LogP contribution < -0.4 is 10.0 Å². The predicted molar refractivity (Wildman–Crippen MR) is 131 cm³/mol. The second-order valence-corrected chi connectivity index (χ2v) is 10.4. The summed E-state index contributed by atoms with van der Waals surface area (Å²) >= 11 is 1.18. The van der Waals surface area contributed by atoms with E-state index in [-0.39, 0.29) is 22.1 Å². The Morgan fingerprint density at radius 2 is 1.79 bits per heavy atom. The Bertz CT molecular complexity index is 1560. The van der Waals surface area contributed by atoms with Crippen molar-refractivity contribution < 1.29 is 22.4 Å². The van der Waals surface area contributed by atoms with Gasteiger partial charge in [0.05, 0.1) is 15.5 Å². The number of carbonyl (C=O) groups is 2. The molecular weight excluding hydrogens is 477 g/mol. The van der Waals surface area contributed by atoms with Crippen LogP contribution in [-0.2, 0) is 10.0 Å². The highest BCUT2D eigenvalue weighted by Gasteiger charge is 2.21. The molecule has 0 radical (unpaired) electrons. The summed E-state index contributed by atoms with van der Waals surface area (Å²) in [5, 5.41) is 3.43. The number of aromatic nitrogens is 1. The molecule has 4 aromatic rings. The molecule has 0 aliphatic rings. The molecule has 174 valence electrons. The maximum Gasteiger partial charge on any atom is 0.266 e. The van der Waals surface area contributed by atoms with E-state index in [9.17, 15) is 22.4 Å². The van der Waals surface area contributed by atoms with E-state index in [1.807, 2.05) is 0 Å². The Morgan fingerprint density at radius 3 is 2.50 bits per heavy atom. The van der Waals surface area contributed by atoms with E-state index in [2.05, 4.69) is 15.0 Å². The number of thiophene rings is 1. The smallest absolute Gasteiger partial charge is 0.266 e. The zero-order valence-corrected chi connectivity index (χ0v) is 20.1. The summed E-state index contributed by atoms with van der Waals surface area (Å²) in [5.74, 6) is -1.25. The highest BCUT2D eigenvalue weighted by atomic mass is 32.2. The van der Waals surface area contributed by atoms with E-state index in [0.29, 0.717) is 31.8 Å². The third kappa shape index (κ3) is 4.55. The zero-order valence-electron chi connectivity index (χ0n) is 18.5. The van der Waals surface area contributed by atoms with Crippen molar-refractivity contribution in [1.29, 1.82) is 0 Å². The minimum absolute atomic E-state index is 0.0885. The fourth-order valence-electron chi connectivity index (χ4n) is 3.41.